The number of carboxylic acid groups (broad SMARTS) is 2. The standard InChI is InChI=1S/C9H12O4/c1-9(2)5(3-4-6(10)11)7(9)8(12)13/h3-5,7H,1-2H3,(H,10,11)(H,12,13)/b4-3-/t5-,7-/m1/s1. The number of allylic oxidation sites excluding steroid dienone is 1. The lowest BCUT2D eigenvalue weighted by Crippen LogP contribution is -2.03. The SMILES string of the molecule is CC1(C)[C@H](/C=C\C(=O)O)[C@@H]1C(=O)O. The molecule has 0 saturated heterocycles. The first-order chi connectivity index (χ1) is 5.87. The molecule has 0 heterocycles. The van der Waals surface area contributed by atoms with Gasteiger partial charge in [-0.1, -0.05) is 19.9 Å². The molecule has 4 nitrogen and oxygen atoms in total. The van der Waals surface area contributed by atoms with Gasteiger partial charge < -0.3 is 10.2 Å². The van der Waals surface area contributed by atoms with Crippen LogP contribution in [0, 0.1) is 17.3 Å². The summed E-state index contributed by atoms with van der Waals surface area (Å²) >= 11 is 0. The molecule has 1 fully saturated rings. The Labute approximate surface area is 75.9 Å². The van der Waals surface area contributed by atoms with E-state index in [4.69, 9.17) is 10.2 Å². The van der Waals surface area contributed by atoms with Crippen molar-refractivity contribution in [3.8, 4) is 0 Å². The Hall–Kier alpha value is -1.32. The fourth-order valence-corrected chi connectivity index (χ4v) is 1.69. The number of aliphatic carboxylic acids is 2. The van der Waals surface area contributed by atoms with Crippen LogP contribution in [0.15, 0.2) is 12.2 Å². The zero-order chi connectivity index (χ0) is 10.2. The van der Waals surface area contributed by atoms with Crippen LogP contribution in [0.4, 0.5) is 0 Å². The maximum atomic E-state index is 10.7. The molecule has 0 amide bonds. The molecule has 4 heteroatoms. The van der Waals surface area contributed by atoms with Gasteiger partial charge in [-0.25, -0.2) is 4.79 Å². The highest BCUT2D eigenvalue weighted by Gasteiger charge is 2.60. The van der Waals surface area contributed by atoms with E-state index in [0.29, 0.717) is 0 Å². The molecule has 0 aromatic heterocycles. The number of hydrogen-bond acceptors (Lipinski definition) is 2. The minimum absolute atomic E-state index is 0.152. The Morgan fingerprint density at radius 1 is 1.31 bits per heavy atom. The fourth-order valence-electron chi connectivity index (χ4n) is 1.69. The van der Waals surface area contributed by atoms with Gasteiger partial charge in [0.15, 0.2) is 0 Å². The Bertz CT molecular complexity index is 277. The molecule has 0 aliphatic heterocycles. The second-order valence-corrected chi connectivity index (χ2v) is 3.86. The number of carboxylic acids is 2. The van der Waals surface area contributed by atoms with Crippen LogP contribution >= 0.6 is 0 Å². The third-order valence-electron chi connectivity index (χ3n) is 2.62. The molecule has 13 heavy (non-hydrogen) atoms. The third-order valence-corrected chi connectivity index (χ3v) is 2.62. The Balaban J connectivity index is 2.66. The lowest BCUT2D eigenvalue weighted by molar-refractivity contribution is -0.139. The average Bonchev–Trinajstić information content (AvgIpc) is 2.48. The highest BCUT2D eigenvalue weighted by molar-refractivity contribution is 5.81. The van der Waals surface area contributed by atoms with E-state index < -0.39 is 17.9 Å². The molecule has 1 saturated carbocycles. The van der Waals surface area contributed by atoms with Gasteiger partial charge in [-0.05, 0) is 11.3 Å². The van der Waals surface area contributed by atoms with Crippen LogP contribution in [-0.2, 0) is 9.59 Å². The molecule has 0 bridgehead atoms. The van der Waals surface area contributed by atoms with Gasteiger partial charge in [-0.2, -0.15) is 0 Å². The normalized spacial score (nSPS) is 30.3. The first kappa shape index (κ1) is 9.77. The lowest BCUT2D eigenvalue weighted by atomic mass is 10.1. The Morgan fingerprint density at radius 2 is 1.85 bits per heavy atom. The van der Waals surface area contributed by atoms with Crippen LogP contribution in [0.2, 0.25) is 0 Å². The number of carbonyl (C=O) groups is 2. The van der Waals surface area contributed by atoms with Crippen molar-refractivity contribution in [2.75, 3.05) is 0 Å². The van der Waals surface area contributed by atoms with Crippen molar-refractivity contribution in [1.29, 1.82) is 0 Å². The van der Waals surface area contributed by atoms with Crippen LogP contribution in [-0.4, -0.2) is 22.2 Å². The first-order valence-electron chi connectivity index (χ1n) is 4.01. The van der Waals surface area contributed by atoms with Crippen molar-refractivity contribution in [2.45, 2.75) is 13.8 Å². The van der Waals surface area contributed by atoms with E-state index in [1.807, 2.05) is 13.8 Å². The summed E-state index contributed by atoms with van der Waals surface area (Å²) in [4.78, 5) is 20.8. The summed E-state index contributed by atoms with van der Waals surface area (Å²) in [5.74, 6) is -2.49. The van der Waals surface area contributed by atoms with Crippen LogP contribution in [0.25, 0.3) is 0 Å². The maximum Gasteiger partial charge on any atom is 0.327 e. The second-order valence-electron chi connectivity index (χ2n) is 3.86. The van der Waals surface area contributed by atoms with E-state index in [0.717, 1.165) is 6.08 Å². The van der Waals surface area contributed by atoms with Crippen LogP contribution in [0.1, 0.15) is 13.8 Å². The van der Waals surface area contributed by atoms with Gasteiger partial charge in [0.05, 0.1) is 5.92 Å². The smallest absolute Gasteiger partial charge is 0.327 e. The zero-order valence-electron chi connectivity index (χ0n) is 7.52. The van der Waals surface area contributed by atoms with E-state index in [1.165, 1.54) is 6.08 Å². The summed E-state index contributed by atoms with van der Waals surface area (Å²) in [5, 5.41) is 17.1. The van der Waals surface area contributed by atoms with E-state index in [9.17, 15) is 9.59 Å². The molecule has 0 spiro atoms. The van der Waals surface area contributed by atoms with Crippen LogP contribution < -0.4 is 0 Å². The van der Waals surface area contributed by atoms with E-state index in [2.05, 4.69) is 0 Å². The predicted molar refractivity (Wildman–Crippen MR) is 45.2 cm³/mol. The van der Waals surface area contributed by atoms with Crippen molar-refractivity contribution in [3.63, 3.8) is 0 Å². The molecule has 0 radical (unpaired) electrons. The van der Waals surface area contributed by atoms with Crippen molar-refractivity contribution >= 4 is 11.9 Å². The van der Waals surface area contributed by atoms with E-state index >= 15 is 0 Å². The number of hydrogen-bond donors (Lipinski definition) is 2. The molecular formula is C9H12O4. The van der Waals surface area contributed by atoms with Crippen LogP contribution in [0.5, 0.6) is 0 Å². The predicted octanol–water partition coefficient (Wildman–Crippen LogP) is 0.984. The van der Waals surface area contributed by atoms with E-state index in [-0.39, 0.29) is 11.3 Å². The Morgan fingerprint density at radius 3 is 2.15 bits per heavy atom. The molecule has 0 unspecified atom stereocenters. The van der Waals surface area contributed by atoms with Crippen molar-refractivity contribution in [2.24, 2.45) is 17.3 Å². The van der Waals surface area contributed by atoms with Gasteiger partial charge >= 0.3 is 11.9 Å². The Kier molecular flexibility index (Phi) is 2.15. The van der Waals surface area contributed by atoms with Gasteiger partial charge in [0, 0.05) is 6.08 Å². The summed E-state index contributed by atoms with van der Waals surface area (Å²) < 4.78 is 0. The van der Waals surface area contributed by atoms with Gasteiger partial charge in [-0.15, -0.1) is 0 Å². The molecule has 1 rings (SSSR count). The molecule has 72 valence electrons. The molecule has 0 aromatic rings. The summed E-state index contributed by atoms with van der Waals surface area (Å²) in [5.41, 5.74) is -0.308. The summed E-state index contributed by atoms with van der Waals surface area (Å²) in [6.45, 7) is 3.64. The molecule has 1 aliphatic rings. The summed E-state index contributed by atoms with van der Waals surface area (Å²) in [6.07, 6.45) is 2.47. The molecule has 2 N–H and O–H groups in total. The molecule has 1 aliphatic carbocycles. The van der Waals surface area contributed by atoms with Gasteiger partial charge in [-0.3, -0.25) is 4.79 Å². The van der Waals surface area contributed by atoms with Crippen molar-refractivity contribution in [1.82, 2.24) is 0 Å². The quantitative estimate of drug-likeness (QED) is 0.641. The summed E-state index contributed by atoms with van der Waals surface area (Å²) in [7, 11) is 0. The second kappa shape index (κ2) is 2.87. The highest BCUT2D eigenvalue weighted by atomic mass is 16.4. The minimum Gasteiger partial charge on any atom is -0.481 e. The van der Waals surface area contributed by atoms with Gasteiger partial charge in [0.1, 0.15) is 0 Å². The van der Waals surface area contributed by atoms with Gasteiger partial charge in [0.25, 0.3) is 0 Å². The topological polar surface area (TPSA) is 74.6 Å². The lowest BCUT2D eigenvalue weighted by Gasteiger charge is -1.95. The molecular weight excluding hydrogens is 172 g/mol. The van der Waals surface area contributed by atoms with Crippen LogP contribution in [0.3, 0.4) is 0 Å². The monoisotopic (exact) mass is 184 g/mol. The minimum atomic E-state index is -1.04. The van der Waals surface area contributed by atoms with Gasteiger partial charge in [0.2, 0.25) is 0 Å². The number of rotatable bonds is 3. The molecule has 0 aromatic carbocycles. The molecule has 2 atom stereocenters. The van der Waals surface area contributed by atoms with Crippen molar-refractivity contribution in [3.05, 3.63) is 12.2 Å². The average molecular weight is 184 g/mol. The first-order valence-corrected chi connectivity index (χ1v) is 4.01. The largest absolute Gasteiger partial charge is 0.481 e. The third kappa shape index (κ3) is 1.71. The summed E-state index contributed by atoms with van der Waals surface area (Å²) in [6, 6.07) is 0. The maximum absolute atomic E-state index is 10.7. The highest BCUT2D eigenvalue weighted by Crippen LogP contribution is 2.58. The van der Waals surface area contributed by atoms with E-state index in [1.54, 1.807) is 0 Å². The zero-order valence-corrected chi connectivity index (χ0v) is 7.52. The fraction of sp³-hybridized carbons (Fsp3) is 0.556. The van der Waals surface area contributed by atoms with Crippen molar-refractivity contribution < 1.29 is 19.8 Å².